The Morgan fingerprint density at radius 3 is 2.35 bits per heavy atom. The van der Waals surface area contributed by atoms with Crippen molar-refractivity contribution in [3.63, 3.8) is 0 Å². The summed E-state index contributed by atoms with van der Waals surface area (Å²) in [6.07, 6.45) is 7.16. The van der Waals surface area contributed by atoms with E-state index in [2.05, 4.69) is 17.5 Å². The zero-order valence-corrected chi connectivity index (χ0v) is 10.1. The van der Waals surface area contributed by atoms with Crippen LogP contribution in [0.5, 0.6) is 0 Å². The Labute approximate surface area is 101 Å². The smallest absolute Gasteiger partial charge is 0.307 e. The molecule has 1 amide bonds. The van der Waals surface area contributed by atoms with Gasteiger partial charge in [-0.25, -0.2) is 0 Å². The number of amides is 1. The van der Waals surface area contributed by atoms with Gasteiger partial charge in [-0.3, -0.25) is 9.59 Å². The minimum absolute atomic E-state index is 0.0737. The van der Waals surface area contributed by atoms with Crippen molar-refractivity contribution in [3.05, 3.63) is 12.2 Å². The van der Waals surface area contributed by atoms with E-state index in [1.54, 1.807) is 0 Å². The molecule has 0 aromatic heterocycles. The van der Waals surface area contributed by atoms with Crippen molar-refractivity contribution in [3.8, 4) is 0 Å². The van der Waals surface area contributed by atoms with Crippen LogP contribution in [0.15, 0.2) is 12.2 Å². The van der Waals surface area contributed by atoms with Crippen LogP contribution >= 0.6 is 0 Å². The van der Waals surface area contributed by atoms with Crippen LogP contribution in [0.1, 0.15) is 32.6 Å². The molecule has 1 fully saturated rings. The topological polar surface area (TPSA) is 66.4 Å². The molecule has 17 heavy (non-hydrogen) atoms. The van der Waals surface area contributed by atoms with Crippen LogP contribution in [0.3, 0.4) is 0 Å². The molecule has 0 saturated heterocycles. The Morgan fingerprint density at radius 2 is 1.76 bits per heavy atom. The summed E-state index contributed by atoms with van der Waals surface area (Å²) < 4.78 is 0. The summed E-state index contributed by atoms with van der Waals surface area (Å²) in [4.78, 5) is 23.2. The van der Waals surface area contributed by atoms with Gasteiger partial charge in [0.05, 0.1) is 11.8 Å². The first-order valence-corrected chi connectivity index (χ1v) is 6.26. The van der Waals surface area contributed by atoms with E-state index in [4.69, 9.17) is 5.11 Å². The molecule has 4 nitrogen and oxygen atoms in total. The highest BCUT2D eigenvalue weighted by atomic mass is 16.4. The number of hydrogen-bond acceptors (Lipinski definition) is 2. The number of nitrogens with one attached hydrogen (secondary N) is 1. The van der Waals surface area contributed by atoms with Gasteiger partial charge in [0.1, 0.15) is 0 Å². The molecule has 2 aliphatic rings. The average Bonchev–Trinajstić information content (AvgIpc) is 2.86. The third-order valence-corrected chi connectivity index (χ3v) is 3.81. The largest absolute Gasteiger partial charge is 0.481 e. The van der Waals surface area contributed by atoms with Crippen molar-refractivity contribution in [2.45, 2.75) is 38.6 Å². The number of carbonyl (C=O) groups is 2. The molecule has 0 aliphatic heterocycles. The summed E-state index contributed by atoms with van der Waals surface area (Å²) in [6.45, 7) is 2.01. The Bertz CT molecular complexity index is 343. The van der Waals surface area contributed by atoms with Crippen molar-refractivity contribution in [2.24, 2.45) is 17.8 Å². The molecule has 94 valence electrons. The molecule has 2 aliphatic carbocycles. The van der Waals surface area contributed by atoms with E-state index in [0.29, 0.717) is 18.8 Å². The lowest BCUT2D eigenvalue weighted by atomic mass is 9.95. The van der Waals surface area contributed by atoms with E-state index in [1.165, 1.54) is 0 Å². The van der Waals surface area contributed by atoms with E-state index in [9.17, 15) is 9.59 Å². The summed E-state index contributed by atoms with van der Waals surface area (Å²) in [5.74, 6) is -1.43. The lowest BCUT2D eigenvalue weighted by Gasteiger charge is -2.19. The second kappa shape index (κ2) is 4.90. The number of carboxylic acids is 1. The lowest BCUT2D eigenvalue weighted by molar-refractivity contribution is -0.146. The third-order valence-electron chi connectivity index (χ3n) is 3.81. The number of carboxylic acid groups (broad SMARTS) is 1. The summed E-state index contributed by atoms with van der Waals surface area (Å²) >= 11 is 0. The summed E-state index contributed by atoms with van der Waals surface area (Å²) in [5.41, 5.74) is 0. The molecule has 2 N–H and O–H groups in total. The first-order valence-electron chi connectivity index (χ1n) is 6.26. The Morgan fingerprint density at radius 1 is 1.18 bits per heavy atom. The Balaban J connectivity index is 1.95. The monoisotopic (exact) mass is 237 g/mol. The standard InChI is InChI=1S/C13H19NO3/c1-8-6-10(11(7-8)13(16)17)12(15)14-9-4-2-3-5-9/h2-3,8-11H,4-7H2,1H3,(H,14,15)(H,16,17)/t8?,10-,11+/m0/s1. The van der Waals surface area contributed by atoms with Crippen LogP contribution in [-0.4, -0.2) is 23.0 Å². The number of rotatable bonds is 3. The fraction of sp³-hybridized carbons (Fsp3) is 0.692. The van der Waals surface area contributed by atoms with E-state index < -0.39 is 11.9 Å². The highest BCUT2D eigenvalue weighted by molar-refractivity contribution is 5.85. The quantitative estimate of drug-likeness (QED) is 0.732. The molecule has 0 radical (unpaired) electrons. The highest BCUT2D eigenvalue weighted by Gasteiger charge is 2.41. The molecular formula is C13H19NO3. The van der Waals surface area contributed by atoms with Crippen molar-refractivity contribution < 1.29 is 14.7 Å². The van der Waals surface area contributed by atoms with E-state index >= 15 is 0 Å². The highest BCUT2D eigenvalue weighted by Crippen LogP contribution is 2.36. The minimum atomic E-state index is -0.834. The van der Waals surface area contributed by atoms with Gasteiger partial charge in [-0.15, -0.1) is 0 Å². The molecule has 0 spiro atoms. The van der Waals surface area contributed by atoms with Crippen LogP contribution in [0, 0.1) is 17.8 Å². The predicted molar refractivity (Wildman–Crippen MR) is 63.3 cm³/mol. The first kappa shape index (κ1) is 12.1. The molecule has 1 saturated carbocycles. The minimum Gasteiger partial charge on any atom is -0.481 e. The SMILES string of the molecule is CC1C[C@H](C(=O)NC2CC=CC2)[C@H](C(=O)O)C1. The van der Waals surface area contributed by atoms with Gasteiger partial charge in [-0.2, -0.15) is 0 Å². The fourth-order valence-electron chi connectivity index (χ4n) is 2.90. The normalized spacial score (nSPS) is 32.9. The van der Waals surface area contributed by atoms with Crippen molar-refractivity contribution >= 4 is 11.9 Å². The summed E-state index contributed by atoms with van der Waals surface area (Å²) in [5, 5.41) is 12.1. The van der Waals surface area contributed by atoms with Crippen LogP contribution in [0.2, 0.25) is 0 Å². The van der Waals surface area contributed by atoms with Crippen molar-refractivity contribution in [2.75, 3.05) is 0 Å². The molecule has 2 rings (SSSR count). The maximum atomic E-state index is 12.1. The maximum Gasteiger partial charge on any atom is 0.307 e. The second-order valence-electron chi connectivity index (χ2n) is 5.28. The second-order valence-corrected chi connectivity index (χ2v) is 5.28. The van der Waals surface area contributed by atoms with E-state index in [1.807, 2.05) is 6.92 Å². The predicted octanol–water partition coefficient (Wildman–Crippen LogP) is 1.57. The molecular weight excluding hydrogens is 218 g/mol. The van der Waals surface area contributed by atoms with Gasteiger partial charge in [0, 0.05) is 6.04 Å². The number of hydrogen-bond donors (Lipinski definition) is 2. The van der Waals surface area contributed by atoms with Crippen molar-refractivity contribution in [1.29, 1.82) is 0 Å². The first-order chi connectivity index (χ1) is 8.08. The molecule has 0 bridgehead atoms. The molecule has 0 aromatic rings. The molecule has 0 aromatic carbocycles. The van der Waals surface area contributed by atoms with E-state index in [-0.39, 0.29) is 17.9 Å². The van der Waals surface area contributed by atoms with Crippen molar-refractivity contribution in [1.82, 2.24) is 5.32 Å². The Hall–Kier alpha value is -1.32. The molecule has 0 heterocycles. The molecule has 4 heteroatoms. The number of carbonyl (C=O) groups excluding carboxylic acids is 1. The van der Waals surface area contributed by atoms with Gasteiger partial charge >= 0.3 is 5.97 Å². The zero-order valence-electron chi connectivity index (χ0n) is 10.1. The van der Waals surface area contributed by atoms with Gasteiger partial charge < -0.3 is 10.4 Å². The maximum absolute atomic E-state index is 12.1. The lowest BCUT2D eigenvalue weighted by Crippen LogP contribution is -2.40. The van der Waals surface area contributed by atoms with E-state index in [0.717, 1.165) is 12.8 Å². The van der Waals surface area contributed by atoms with Gasteiger partial charge in [0.15, 0.2) is 0 Å². The Kier molecular flexibility index (Phi) is 3.50. The van der Waals surface area contributed by atoms with Gasteiger partial charge in [0.2, 0.25) is 5.91 Å². The van der Waals surface area contributed by atoms with Crippen LogP contribution in [-0.2, 0) is 9.59 Å². The summed E-state index contributed by atoms with van der Waals surface area (Å²) in [6, 6.07) is 0.174. The number of aliphatic carboxylic acids is 1. The van der Waals surface area contributed by atoms with Crippen LogP contribution in [0.4, 0.5) is 0 Å². The van der Waals surface area contributed by atoms with Gasteiger partial charge in [0.25, 0.3) is 0 Å². The molecule has 1 unspecified atom stereocenters. The summed E-state index contributed by atoms with van der Waals surface area (Å²) in [7, 11) is 0. The zero-order chi connectivity index (χ0) is 12.4. The average molecular weight is 237 g/mol. The fourth-order valence-corrected chi connectivity index (χ4v) is 2.90. The molecule has 3 atom stereocenters. The van der Waals surface area contributed by atoms with Crippen LogP contribution < -0.4 is 5.32 Å². The van der Waals surface area contributed by atoms with Crippen LogP contribution in [0.25, 0.3) is 0 Å². The van der Waals surface area contributed by atoms with Gasteiger partial charge in [-0.1, -0.05) is 19.1 Å². The third kappa shape index (κ3) is 2.68. The van der Waals surface area contributed by atoms with Gasteiger partial charge in [-0.05, 0) is 31.6 Å².